The van der Waals surface area contributed by atoms with Crippen molar-refractivity contribution < 1.29 is 14.7 Å². The van der Waals surface area contributed by atoms with Crippen molar-refractivity contribution in [2.45, 2.75) is 52.5 Å². The zero-order valence-corrected chi connectivity index (χ0v) is 10.9. The molecule has 4 heteroatoms. The predicted octanol–water partition coefficient (Wildman–Crippen LogP) is 2.04. The fourth-order valence-corrected chi connectivity index (χ4v) is 2.35. The largest absolute Gasteiger partial charge is 0.481 e. The highest BCUT2D eigenvalue weighted by Crippen LogP contribution is 2.26. The van der Waals surface area contributed by atoms with E-state index < -0.39 is 11.9 Å². The Morgan fingerprint density at radius 3 is 2.53 bits per heavy atom. The summed E-state index contributed by atoms with van der Waals surface area (Å²) in [7, 11) is 0. The lowest BCUT2D eigenvalue weighted by molar-refractivity contribution is -0.142. The SMILES string of the molecule is CCC(C)C(C)C(=O)N[C@@H]1CCC[C@@H]1C(=O)O. The Morgan fingerprint density at radius 2 is 2.00 bits per heavy atom. The molecule has 0 bridgehead atoms. The van der Waals surface area contributed by atoms with Gasteiger partial charge in [0.15, 0.2) is 0 Å². The van der Waals surface area contributed by atoms with Crippen LogP contribution in [-0.2, 0) is 9.59 Å². The monoisotopic (exact) mass is 241 g/mol. The van der Waals surface area contributed by atoms with Crippen LogP contribution in [0.5, 0.6) is 0 Å². The van der Waals surface area contributed by atoms with Gasteiger partial charge in [0.1, 0.15) is 0 Å². The van der Waals surface area contributed by atoms with E-state index in [0.29, 0.717) is 12.3 Å². The van der Waals surface area contributed by atoms with Crippen molar-refractivity contribution in [3.63, 3.8) is 0 Å². The van der Waals surface area contributed by atoms with Crippen molar-refractivity contribution in [1.82, 2.24) is 5.32 Å². The van der Waals surface area contributed by atoms with Crippen LogP contribution in [0.3, 0.4) is 0 Å². The maximum Gasteiger partial charge on any atom is 0.308 e. The molecule has 1 saturated carbocycles. The van der Waals surface area contributed by atoms with Gasteiger partial charge in [-0.25, -0.2) is 0 Å². The third-order valence-electron chi connectivity index (χ3n) is 4.07. The first-order valence-electron chi connectivity index (χ1n) is 6.50. The van der Waals surface area contributed by atoms with E-state index in [0.717, 1.165) is 19.3 Å². The van der Waals surface area contributed by atoms with E-state index in [9.17, 15) is 9.59 Å². The Morgan fingerprint density at radius 1 is 1.35 bits per heavy atom. The molecule has 2 unspecified atom stereocenters. The first-order valence-corrected chi connectivity index (χ1v) is 6.50. The van der Waals surface area contributed by atoms with E-state index >= 15 is 0 Å². The summed E-state index contributed by atoms with van der Waals surface area (Å²) in [6.07, 6.45) is 3.31. The van der Waals surface area contributed by atoms with Gasteiger partial charge in [-0.15, -0.1) is 0 Å². The molecule has 0 spiro atoms. The van der Waals surface area contributed by atoms with Crippen LogP contribution in [0.4, 0.5) is 0 Å². The molecule has 0 heterocycles. The summed E-state index contributed by atoms with van der Waals surface area (Å²) < 4.78 is 0. The number of hydrogen-bond donors (Lipinski definition) is 2. The van der Waals surface area contributed by atoms with Crippen molar-refractivity contribution >= 4 is 11.9 Å². The molecule has 0 aromatic carbocycles. The Balaban J connectivity index is 2.53. The van der Waals surface area contributed by atoms with Crippen LogP contribution in [0.2, 0.25) is 0 Å². The quantitative estimate of drug-likeness (QED) is 0.774. The fourth-order valence-electron chi connectivity index (χ4n) is 2.35. The third kappa shape index (κ3) is 3.45. The second kappa shape index (κ2) is 6.03. The number of carbonyl (C=O) groups is 2. The lowest BCUT2D eigenvalue weighted by Gasteiger charge is -2.23. The molecule has 0 aliphatic heterocycles. The van der Waals surface area contributed by atoms with Gasteiger partial charge in [0.05, 0.1) is 5.92 Å². The fraction of sp³-hybridized carbons (Fsp3) is 0.846. The zero-order chi connectivity index (χ0) is 13.0. The van der Waals surface area contributed by atoms with Gasteiger partial charge in [0, 0.05) is 12.0 Å². The van der Waals surface area contributed by atoms with E-state index in [1.165, 1.54) is 0 Å². The number of carboxylic acid groups (broad SMARTS) is 1. The Labute approximate surface area is 103 Å². The van der Waals surface area contributed by atoms with Crippen molar-refractivity contribution in [2.24, 2.45) is 17.8 Å². The van der Waals surface area contributed by atoms with Crippen LogP contribution in [-0.4, -0.2) is 23.0 Å². The Bertz CT molecular complexity index is 290. The average molecular weight is 241 g/mol. The molecular formula is C13H23NO3. The molecule has 0 aromatic rings. The minimum Gasteiger partial charge on any atom is -0.481 e. The summed E-state index contributed by atoms with van der Waals surface area (Å²) in [6.45, 7) is 6.02. The topological polar surface area (TPSA) is 66.4 Å². The average Bonchev–Trinajstić information content (AvgIpc) is 2.75. The molecule has 0 saturated heterocycles. The molecule has 1 amide bonds. The molecule has 98 valence electrons. The summed E-state index contributed by atoms with van der Waals surface area (Å²) in [6, 6.07) is -0.175. The first kappa shape index (κ1) is 14.0. The van der Waals surface area contributed by atoms with Crippen molar-refractivity contribution in [1.29, 1.82) is 0 Å². The summed E-state index contributed by atoms with van der Waals surface area (Å²) in [5.74, 6) is -0.903. The molecule has 17 heavy (non-hydrogen) atoms. The highest BCUT2D eigenvalue weighted by atomic mass is 16.4. The number of amides is 1. The van der Waals surface area contributed by atoms with Gasteiger partial charge in [-0.1, -0.05) is 33.6 Å². The van der Waals surface area contributed by atoms with E-state index in [1.54, 1.807) is 0 Å². The van der Waals surface area contributed by atoms with Crippen LogP contribution >= 0.6 is 0 Å². The highest BCUT2D eigenvalue weighted by Gasteiger charge is 2.34. The van der Waals surface area contributed by atoms with Gasteiger partial charge in [-0.05, 0) is 18.8 Å². The minimum atomic E-state index is -0.788. The van der Waals surface area contributed by atoms with Crippen molar-refractivity contribution in [3.05, 3.63) is 0 Å². The van der Waals surface area contributed by atoms with Gasteiger partial charge >= 0.3 is 5.97 Å². The molecule has 1 aliphatic carbocycles. The van der Waals surface area contributed by atoms with Crippen LogP contribution in [0, 0.1) is 17.8 Å². The van der Waals surface area contributed by atoms with Crippen LogP contribution in [0.25, 0.3) is 0 Å². The zero-order valence-electron chi connectivity index (χ0n) is 10.9. The van der Waals surface area contributed by atoms with Crippen LogP contribution < -0.4 is 5.32 Å². The number of hydrogen-bond acceptors (Lipinski definition) is 2. The van der Waals surface area contributed by atoms with Gasteiger partial charge in [0.2, 0.25) is 5.91 Å². The molecule has 0 aromatic heterocycles. The Kier molecular flexibility index (Phi) is 4.97. The summed E-state index contributed by atoms with van der Waals surface area (Å²) in [5, 5.41) is 11.9. The van der Waals surface area contributed by atoms with Gasteiger partial charge in [0.25, 0.3) is 0 Å². The third-order valence-corrected chi connectivity index (χ3v) is 4.07. The molecule has 4 atom stereocenters. The van der Waals surface area contributed by atoms with Crippen LogP contribution in [0.15, 0.2) is 0 Å². The van der Waals surface area contributed by atoms with Gasteiger partial charge in [-0.2, -0.15) is 0 Å². The summed E-state index contributed by atoms with van der Waals surface area (Å²) in [4.78, 5) is 23.0. The maximum absolute atomic E-state index is 12.0. The number of aliphatic carboxylic acids is 1. The molecule has 1 rings (SSSR count). The highest BCUT2D eigenvalue weighted by molar-refractivity contribution is 5.80. The minimum absolute atomic E-state index is 0.00231. The van der Waals surface area contributed by atoms with E-state index in [1.807, 2.05) is 13.8 Å². The number of nitrogens with one attached hydrogen (secondary N) is 1. The second-order valence-corrected chi connectivity index (χ2v) is 5.16. The second-order valence-electron chi connectivity index (χ2n) is 5.16. The molecule has 2 N–H and O–H groups in total. The smallest absolute Gasteiger partial charge is 0.308 e. The lowest BCUT2D eigenvalue weighted by atomic mass is 9.92. The van der Waals surface area contributed by atoms with Crippen molar-refractivity contribution in [2.75, 3.05) is 0 Å². The molecule has 0 radical (unpaired) electrons. The number of carbonyl (C=O) groups excluding carboxylic acids is 1. The van der Waals surface area contributed by atoms with Crippen molar-refractivity contribution in [3.8, 4) is 0 Å². The van der Waals surface area contributed by atoms with Gasteiger partial charge < -0.3 is 10.4 Å². The number of rotatable bonds is 5. The van der Waals surface area contributed by atoms with E-state index in [-0.39, 0.29) is 17.9 Å². The lowest BCUT2D eigenvalue weighted by Crippen LogP contribution is -2.43. The number of carboxylic acids is 1. The molecular weight excluding hydrogens is 218 g/mol. The maximum atomic E-state index is 12.0. The molecule has 1 fully saturated rings. The van der Waals surface area contributed by atoms with Crippen LogP contribution in [0.1, 0.15) is 46.5 Å². The Hall–Kier alpha value is -1.06. The standard InChI is InChI=1S/C13H23NO3/c1-4-8(2)9(3)12(15)14-11-7-5-6-10(11)13(16)17/h8-11H,4-7H2,1-3H3,(H,14,15)(H,16,17)/t8?,9?,10-,11+/m0/s1. The van der Waals surface area contributed by atoms with E-state index in [4.69, 9.17) is 5.11 Å². The van der Waals surface area contributed by atoms with Gasteiger partial charge in [-0.3, -0.25) is 9.59 Å². The normalized spacial score (nSPS) is 27.5. The summed E-state index contributed by atoms with van der Waals surface area (Å²) in [5.41, 5.74) is 0. The van der Waals surface area contributed by atoms with E-state index in [2.05, 4.69) is 12.2 Å². The molecule has 4 nitrogen and oxygen atoms in total. The molecule has 1 aliphatic rings. The predicted molar refractivity (Wildman–Crippen MR) is 65.5 cm³/mol. The first-order chi connectivity index (χ1) is 7.97. The summed E-state index contributed by atoms with van der Waals surface area (Å²) >= 11 is 0.